The Balaban J connectivity index is 2.75. The van der Waals surface area contributed by atoms with Gasteiger partial charge in [-0.15, -0.1) is 0 Å². The van der Waals surface area contributed by atoms with Gasteiger partial charge in [0.25, 0.3) is 0 Å². The van der Waals surface area contributed by atoms with Crippen LogP contribution >= 0.6 is 0 Å². The van der Waals surface area contributed by atoms with Gasteiger partial charge in [0.15, 0.2) is 5.78 Å². The lowest BCUT2D eigenvalue weighted by atomic mass is 9.98. The summed E-state index contributed by atoms with van der Waals surface area (Å²) < 4.78 is 0. The number of nitrogens with zero attached hydrogens (tertiary/aromatic N) is 1. The zero-order valence-corrected chi connectivity index (χ0v) is 9.04. The van der Waals surface area contributed by atoms with Crippen LogP contribution in [-0.2, 0) is 4.79 Å². The lowest BCUT2D eigenvalue weighted by Crippen LogP contribution is -2.55. The van der Waals surface area contributed by atoms with Gasteiger partial charge in [0, 0.05) is 13.1 Å². The van der Waals surface area contributed by atoms with E-state index in [0.717, 1.165) is 13.0 Å². The van der Waals surface area contributed by atoms with E-state index >= 15 is 0 Å². The van der Waals surface area contributed by atoms with E-state index in [2.05, 4.69) is 5.32 Å². The summed E-state index contributed by atoms with van der Waals surface area (Å²) in [6.07, 6.45) is 0.919. The van der Waals surface area contributed by atoms with Crippen molar-refractivity contribution < 1.29 is 9.59 Å². The Morgan fingerprint density at radius 1 is 1.50 bits per heavy atom. The maximum Gasteiger partial charge on any atom is 0.318 e. The smallest absolute Gasteiger partial charge is 0.318 e. The number of hydrogen-bond donors (Lipinski definition) is 1. The Hall–Kier alpha value is -1.06. The van der Waals surface area contributed by atoms with E-state index in [9.17, 15) is 9.59 Å². The van der Waals surface area contributed by atoms with Gasteiger partial charge in [-0.3, -0.25) is 4.79 Å². The SMILES string of the molecule is CC(=O)[C@H](C(C)C)N1CCCNC1=O. The predicted molar refractivity (Wildman–Crippen MR) is 54.0 cm³/mol. The molecule has 0 aliphatic carbocycles. The second kappa shape index (κ2) is 4.44. The van der Waals surface area contributed by atoms with Crippen LogP contribution in [0.15, 0.2) is 0 Å². The predicted octanol–water partition coefficient (Wildman–Crippen LogP) is 1.02. The molecule has 1 fully saturated rings. The zero-order chi connectivity index (χ0) is 10.7. The second-order valence-electron chi connectivity index (χ2n) is 4.08. The van der Waals surface area contributed by atoms with Crippen LogP contribution in [0.3, 0.4) is 0 Å². The summed E-state index contributed by atoms with van der Waals surface area (Å²) in [6.45, 7) is 6.89. The summed E-state index contributed by atoms with van der Waals surface area (Å²) in [4.78, 5) is 24.6. The molecule has 0 aromatic heterocycles. The standard InChI is InChI=1S/C10H18N2O2/c1-7(2)9(8(3)13)12-6-4-5-11-10(12)14/h7,9H,4-6H2,1-3H3,(H,11,14)/t9-/m0/s1. The number of amides is 2. The number of hydrogen-bond acceptors (Lipinski definition) is 2. The van der Waals surface area contributed by atoms with Gasteiger partial charge in [0.1, 0.15) is 0 Å². The van der Waals surface area contributed by atoms with Crippen molar-refractivity contribution >= 4 is 11.8 Å². The summed E-state index contributed by atoms with van der Waals surface area (Å²) >= 11 is 0. The second-order valence-corrected chi connectivity index (χ2v) is 4.08. The van der Waals surface area contributed by atoms with Crippen molar-refractivity contribution in [2.24, 2.45) is 5.92 Å². The highest BCUT2D eigenvalue weighted by Gasteiger charge is 2.31. The third kappa shape index (κ3) is 2.25. The summed E-state index contributed by atoms with van der Waals surface area (Å²) in [5.41, 5.74) is 0. The molecule has 1 heterocycles. The van der Waals surface area contributed by atoms with Crippen LogP contribution < -0.4 is 5.32 Å². The Labute approximate surface area is 84.7 Å². The van der Waals surface area contributed by atoms with Crippen LogP contribution in [0.5, 0.6) is 0 Å². The Morgan fingerprint density at radius 3 is 2.57 bits per heavy atom. The van der Waals surface area contributed by atoms with E-state index in [-0.39, 0.29) is 23.8 Å². The summed E-state index contributed by atoms with van der Waals surface area (Å²) in [5.74, 6) is 0.244. The molecular formula is C10H18N2O2. The maximum atomic E-state index is 11.5. The molecule has 1 atom stereocenters. The van der Waals surface area contributed by atoms with Crippen LogP contribution in [0.1, 0.15) is 27.2 Å². The number of ketones is 1. The third-order valence-electron chi connectivity index (χ3n) is 2.50. The van der Waals surface area contributed by atoms with Gasteiger partial charge in [-0.05, 0) is 19.3 Å². The monoisotopic (exact) mass is 198 g/mol. The van der Waals surface area contributed by atoms with E-state index in [1.807, 2.05) is 13.8 Å². The average molecular weight is 198 g/mol. The third-order valence-corrected chi connectivity index (χ3v) is 2.50. The highest BCUT2D eigenvalue weighted by atomic mass is 16.2. The lowest BCUT2D eigenvalue weighted by Gasteiger charge is -2.35. The normalized spacial score (nSPS) is 19.4. The minimum absolute atomic E-state index is 0.0667. The van der Waals surface area contributed by atoms with Crippen molar-refractivity contribution in [2.75, 3.05) is 13.1 Å². The number of rotatable bonds is 3. The Kier molecular flexibility index (Phi) is 3.49. The molecule has 0 radical (unpaired) electrons. The molecule has 0 aromatic rings. The van der Waals surface area contributed by atoms with Crippen molar-refractivity contribution in [2.45, 2.75) is 33.2 Å². The largest absolute Gasteiger partial charge is 0.338 e. The first kappa shape index (κ1) is 11.0. The highest BCUT2D eigenvalue weighted by molar-refractivity contribution is 5.87. The molecule has 0 bridgehead atoms. The summed E-state index contributed by atoms with van der Waals surface area (Å²) in [7, 11) is 0. The topological polar surface area (TPSA) is 49.4 Å². The van der Waals surface area contributed by atoms with Crippen LogP contribution in [0.4, 0.5) is 4.79 Å². The quantitative estimate of drug-likeness (QED) is 0.736. The molecule has 2 amide bonds. The number of nitrogens with one attached hydrogen (secondary N) is 1. The van der Waals surface area contributed by atoms with E-state index in [4.69, 9.17) is 0 Å². The Morgan fingerprint density at radius 2 is 2.14 bits per heavy atom. The van der Waals surface area contributed by atoms with E-state index < -0.39 is 0 Å². The van der Waals surface area contributed by atoms with E-state index in [1.54, 1.807) is 11.8 Å². The minimum atomic E-state index is -0.268. The van der Waals surface area contributed by atoms with E-state index in [1.165, 1.54) is 0 Å². The fourth-order valence-electron chi connectivity index (χ4n) is 1.96. The maximum absolute atomic E-state index is 11.5. The first-order valence-corrected chi connectivity index (χ1v) is 5.09. The Bertz CT molecular complexity index is 238. The van der Waals surface area contributed by atoms with Gasteiger partial charge < -0.3 is 10.2 Å². The van der Waals surface area contributed by atoms with Crippen molar-refractivity contribution in [3.05, 3.63) is 0 Å². The van der Waals surface area contributed by atoms with Crippen LogP contribution in [0.25, 0.3) is 0 Å². The fraction of sp³-hybridized carbons (Fsp3) is 0.800. The molecular weight excluding hydrogens is 180 g/mol. The molecule has 14 heavy (non-hydrogen) atoms. The summed E-state index contributed by atoms with van der Waals surface area (Å²) in [6, 6.07) is -0.375. The number of Topliss-reactive ketones (excluding diaryl/α,β-unsaturated/α-hetero) is 1. The molecule has 1 aliphatic heterocycles. The molecule has 0 aromatic carbocycles. The molecule has 80 valence electrons. The van der Waals surface area contributed by atoms with Crippen LogP contribution in [0, 0.1) is 5.92 Å². The lowest BCUT2D eigenvalue weighted by molar-refractivity contribution is -0.122. The van der Waals surface area contributed by atoms with Gasteiger partial charge in [0.05, 0.1) is 6.04 Å². The molecule has 4 heteroatoms. The molecule has 1 N–H and O–H groups in total. The van der Waals surface area contributed by atoms with E-state index in [0.29, 0.717) is 6.54 Å². The van der Waals surface area contributed by atoms with Crippen molar-refractivity contribution in [3.8, 4) is 0 Å². The average Bonchev–Trinajstić information content (AvgIpc) is 2.07. The number of carbonyl (C=O) groups is 2. The molecule has 0 saturated carbocycles. The number of carbonyl (C=O) groups excluding carboxylic acids is 2. The van der Waals surface area contributed by atoms with Crippen molar-refractivity contribution in [1.29, 1.82) is 0 Å². The summed E-state index contributed by atoms with van der Waals surface area (Å²) in [5, 5.41) is 2.76. The first-order valence-electron chi connectivity index (χ1n) is 5.09. The molecule has 1 rings (SSSR count). The highest BCUT2D eigenvalue weighted by Crippen LogP contribution is 2.14. The van der Waals surface area contributed by atoms with Gasteiger partial charge in [0.2, 0.25) is 0 Å². The minimum Gasteiger partial charge on any atom is -0.338 e. The molecule has 1 saturated heterocycles. The van der Waals surface area contributed by atoms with Crippen molar-refractivity contribution in [1.82, 2.24) is 10.2 Å². The molecule has 1 aliphatic rings. The molecule has 0 unspecified atom stereocenters. The van der Waals surface area contributed by atoms with Gasteiger partial charge in [-0.1, -0.05) is 13.8 Å². The zero-order valence-electron chi connectivity index (χ0n) is 9.04. The van der Waals surface area contributed by atoms with Crippen LogP contribution in [-0.4, -0.2) is 35.8 Å². The van der Waals surface area contributed by atoms with Gasteiger partial charge in [-0.25, -0.2) is 4.79 Å². The molecule has 0 spiro atoms. The molecule has 4 nitrogen and oxygen atoms in total. The van der Waals surface area contributed by atoms with Gasteiger partial charge in [-0.2, -0.15) is 0 Å². The number of urea groups is 1. The van der Waals surface area contributed by atoms with Gasteiger partial charge >= 0.3 is 6.03 Å². The van der Waals surface area contributed by atoms with Crippen molar-refractivity contribution in [3.63, 3.8) is 0 Å². The fourth-order valence-corrected chi connectivity index (χ4v) is 1.96. The van der Waals surface area contributed by atoms with Crippen LogP contribution in [0.2, 0.25) is 0 Å². The first-order chi connectivity index (χ1) is 6.54.